The van der Waals surface area contributed by atoms with Gasteiger partial charge in [0.2, 0.25) is 5.91 Å². The Labute approximate surface area is 108 Å². The lowest BCUT2D eigenvalue weighted by molar-refractivity contribution is -0.132. The molecule has 2 rings (SSSR count). The van der Waals surface area contributed by atoms with Crippen molar-refractivity contribution in [1.29, 1.82) is 0 Å². The highest BCUT2D eigenvalue weighted by Crippen LogP contribution is 2.35. The van der Waals surface area contributed by atoms with Crippen molar-refractivity contribution in [2.75, 3.05) is 13.1 Å². The molecule has 1 fully saturated rings. The van der Waals surface area contributed by atoms with E-state index in [2.05, 4.69) is 10.4 Å². The van der Waals surface area contributed by atoms with Gasteiger partial charge in [-0.3, -0.25) is 9.48 Å². The van der Waals surface area contributed by atoms with E-state index in [1.165, 1.54) is 6.42 Å². The van der Waals surface area contributed by atoms with Crippen LogP contribution in [0.15, 0.2) is 18.5 Å². The van der Waals surface area contributed by atoms with Gasteiger partial charge in [-0.1, -0.05) is 19.3 Å². The molecule has 1 aliphatic rings. The molecule has 1 aliphatic carbocycles. The van der Waals surface area contributed by atoms with E-state index in [0.29, 0.717) is 19.6 Å². The number of amides is 1. The molecular formula is C13H22N4O. The molecule has 5 heteroatoms. The maximum absolute atomic E-state index is 12.3. The molecule has 0 saturated heterocycles. The molecule has 0 aromatic carbocycles. The zero-order chi connectivity index (χ0) is 12.8. The van der Waals surface area contributed by atoms with Gasteiger partial charge in [0.1, 0.15) is 0 Å². The molecule has 0 spiro atoms. The van der Waals surface area contributed by atoms with Crippen LogP contribution in [-0.4, -0.2) is 28.8 Å². The smallest absolute Gasteiger partial charge is 0.227 e. The summed E-state index contributed by atoms with van der Waals surface area (Å²) in [5.41, 5.74) is 5.51. The molecule has 1 aromatic rings. The molecule has 18 heavy (non-hydrogen) atoms. The van der Waals surface area contributed by atoms with Crippen LogP contribution in [0.3, 0.4) is 0 Å². The van der Waals surface area contributed by atoms with Crippen molar-refractivity contribution in [2.24, 2.45) is 11.1 Å². The maximum atomic E-state index is 12.3. The van der Waals surface area contributed by atoms with E-state index in [0.717, 1.165) is 25.7 Å². The zero-order valence-corrected chi connectivity index (χ0v) is 10.8. The summed E-state index contributed by atoms with van der Waals surface area (Å²) in [4.78, 5) is 12.3. The van der Waals surface area contributed by atoms with Crippen molar-refractivity contribution in [3.63, 3.8) is 0 Å². The first-order valence-electron chi connectivity index (χ1n) is 6.73. The summed E-state index contributed by atoms with van der Waals surface area (Å²) in [6, 6.07) is 1.88. The molecule has 0 atom stereocenters. The fourth-order valence-electron chi connectivity index (χ4n) is 2.66. The average molecular weight is 250 g/mol. The first-order valence-corrected chi connectivity index (χ1v) is 6.73. The summed E-state index contributed by atoms with van der Waals surface area (Å²) in [5.74, 6) is 0.122. The van der Waals surface area contributed by atoms with Crippen molar-refractivity contribution in [1.82, 2.24) is 15.1 Å². The topological polar surface area (TPSA) is 72.9 Å². The number of nitrogens with one attached hydrogen (secondary N) is 1. The van der Waals surface area contributed by atoms with Crippen LogP contribution in [-0.2, 0) is 11.3 Å². The predicted octanol–water partition coefficient (Wildman–Crippen LogP) is 0.908. The first kappa shape index (κ1) is 13.1. The highest BCUT2D eigenvalue weighted by atomic mass is 16.2. The van der Waals surface area contributed by atoms with Crippen molar-refractivity contribution in [2.45, 2.75) is 38.6 Å². The summed E-state index contributed by atoms with van der Waals surface area (Å²) in [6.07, 6.45) is 8.94. The highest BCUT2D eigenvalue weighted by Gasteiger charge is 2.37. The van der Waals surface area contributed by atoms with E-state index in [-0.39, 0.29) is 11.3 Å². The van der Waals surface area contributed by atoms with E-state index in [4.69, 9.17) is 5.73 Å². The Morgan fingerprint density at radius 2 is 2.17 bits per heavy atom. The van der Waals surface area contributed by atoms with E-state index in [1.807, 2.05) is 16.9 Å². The van der Waals surface area contributed by atoms with Gasteiger partial charge in [0, 0.05) is 25.5 Å². The number of aromatic nitrogens is 2. The van der Waals surface area contributed by atoms with Crippen LogP contribution in [0.4, 0.5) is 0 Å². The average Bonchev–Trinajstić information content (AvgIpc) is 2.92. The fraction of sp³-hybridized carbons (Fsp3) is 0.692. The molecule has 100 valence electrons. The Kier molecular flexibility index (Phi) is 4.36. The molecule has 0 unspecified atom stereocenters. The number of carbonyl (C=O) groups excluding carboxylic acids is 1. The van der Waals surface area contributed by atoms with Crippen LogP contribution in [0.25, 0.3) is 0 Å². The lowest BCUT2D eigenvalue weighted by atomic mass is 9.73. The monoisotopic (exact) mass is 250 g/mol. The van der Waals surface area contributed by atoms with Crippen molar-refractivity contribution >= 4 is 5.91 Å². The normalized spacial score (nSPS) is 18.5. The second kappa shape index (κ2) is 6.00. The summed E-state index contributed by atoms with van der Waals surface area (Å²) >= 11 is 0. The number of hydrogen-bond acceptors (Lipinski definition) is 3. The van der Waals surface area contributed by atoms with Gasteiger partial charge in [-0.15, -0.1) is 0 Å². The Hall–Kier alpha value is -1.36. The minimum Gasteiger partial charge on any atom is -0.354 e. The van der Waals surface area contributed by atoms with Gasteiger partial charge in [0.25, 0.3) is 0 Å². The van der Waals surface area contributed by atoms with Crippen LogP contribution >= 0.6 is 0 Å². The molecule has 1 saturated carbocycles. The van der Waals surface area contributed by atoms with Gasteiger partial charge in [-0.05, 0) is 18.9 Å². The van der Waals surface area contributed by atoms with Crippen LogP contribution in [0.5, 0.6) is 0 Å². The van der Waals surface area contributed by atoms with Gasteiger partial charge in [-0.25, -0.2) is 0 Å². The van der Waals surface area contributed by atoms with Crippen molar-refractivity contribution in [3.8, 4) is 0 Å². The van der Waals surface area contributed by atoms with E-state index < -0.39 is 0 Å². The van der Waals surface area contributed by atoms with Crippen molar-refractivity contribution < 1.29 is 4.79 Å². The third-order valence-corrected chi connectivity index (χ3v) is 3.87. The maximum Gasteiger partial charge on any atom is 0.227 e. The number of nitrogens with two attached hydrogens (primary N) is 1. The van der Waals surface area contributed by atoms with Crippen LogP contribution in [0.2, 0.25) is 0 Å². The minimum atomic E-state index is -0.317. The number of carbonyl (C=O) groups is 1. The first-order chi connectivity index (χ1) is 8.77. The third kappa shape index (κ3) is 2.90. The van der Waals surface area contributed by atoms with Gasteiger partial charge < -0.3 is 11.1 Å². The fourth-order valence-corrected chi connectivity index (χ4v) is 2.66. The largest absolute Gasteiger partial charge is 0.354 e. The number of nitrogens with zero attached hydrogens (tertiary/aromatic N) is 2. The molecule has 0 aliphatic heterocycles. The standard InChI is InChI=1S/C13H22N4O/c14-11-13(5-2-1-3-6-13)12(18)15-8-10-17-9-4-7-16-17/h4,7,9H,1-3,5-6,8,10-11,14H2,(H,15,18). The quantitative estimate of drug-likeness (QED) is 0.815. The summed E-state index contributed by atoms with van der Waals surface area (Å²) < 4.78 is 1.82. The molecule has 5 nitrogen and oxygen atoms in total. The highest BCUT2D eigenvalue weighted by molar-refractivity contribution is 5.82. The van der Waals surface area contributed by atoms with E-state index >= 15 is 0 Å². The Morgan fingerprint density at radius 1 is 1.39 bits per heavy atom. The summed E-state index contributed by atoms with van der Waals surface area (Å²) in [6.45, 7) is 1.78. The van der Waals surface area contributed by atoms with Gasteiger partial charge in [0.05, 0.1) is 12.0 Å². The van der Waals surface area contributed by atoms with Gasteiger partial charge >= 0.3 is 0 Å². The van der Waals surface area contributed by atoms with Gasteiger partial charge in [-0.2, -0.15) is 5.10 Å². The Bertz CT molecular complexity index is 368. The number of hydrogen-bond donors (Lipinski definition) is 2. The zero-order valence-electron chi connectivity index (χ0n) is 10.8. The number of rotatable bonds is 5. The minimum absolute atomic E-state index is 0.122. The predicted molar refractivity (Wildman–Crippen MR) is 69.8 cm³/mol. The van der Waals surface area contributed by atoms with Crippen LogP contribution < -0.4 is 11.1 Å². The molecule has 0 bridgehead atoms. The van der Waals surface area contributed by atoms with Crippen LogP contribution in [0, 0.1) is 5.41 Å². The molecular weight excluding hydrogens is 228 g/mol. The second-order valence-electron chi connectivity index (χ2n) is 5.07. The molecule has 1 aromatic heterocycles. The lowest BCUT2D eigenvalue weighted by Gasteiger charge is -2.34. The Morgan fingerprint density at radius 3 is 2.78 bits per heavy atom. The van der Waals surface area contributed by atoms with E-state index in [9.17, 15) is 4.79 Å². The third-order valence-electron chi connectivity index (χ3n) is 3.87. The van der Waals surface area contributed by atoms with E-state index in [1.54, 1.807) is 6.20 Å². The second-order valence-corrected chi connectivity index (χ2v) is 5.07. The van der Waals surface area contributed by atoms with Gasteiger partial charge in [0.15, 0.2) is 0 Å². The molecule has 3 N–H and O–H groups in total. The Balaban J connectivity index is 1.82. The van der Waals surface area contributed by atoms with Crippen molar-refractivity contribution in [3.05, 3.63) is 18.5 Å². The SMILES string of the molecule is NCC1(C(=O)NCCn2cccn2)CCCCC1. The molecule has 1 heterocycles. The summed E-state index contributed by atoms with van der Waals surface area (Å²) in [7, 11) is 0. The van der Waals surface area contributed by atoms with Crippen LogP contribution in [0.1, 0.15) is 32.1 Å². The molecule has 1 amide bonds. The molecule has 0 radical (unpaired) electrons. The lowest BCUT2D eigenvalue weighted by Crippen LogP contribution is -2.47. The summed E-state index contributed by atoms with van der Waals surface area (Å²) in [5, 5.41) is 7.11.